The predicted molar refractivity (Wildman–Crippen MR) is 95.1 cm³/mol. The summed E-state index contributed by atoms with van der Waals surface area (Å²) in [5.41, 5.74) is -0.295. The lowest BCUT2D eigenvalue weighted by Crippen LogP contribution is -2.43. The van der Waals surface area contributed by atoms with Crippen molar-refractivity contribution in [2.45, 2.75) is 57.7 Å². The highest BCUT2D eigenvalue weighted by Crippen LogP contribution is 2.34. The number of carbonyl (C=O) groups is 1. The minimum absolute atomic E-state index is 0.0155. The Labute approximate surface area is 145 Å². The highest BCUT2D eigenvalue weighted by Gasteiger charge is 2.38. The van der Waals surface area contributed by atoms with E-state index in [1.54, 1.807) is 0 Å². The third kappa shape index (κ3) is 4.71. The van der Waals surface area contributed by atoms with Crippen molar-refractivity contribution >= 4 is 5.91 Å². The first-order valence-electron chi connectivity index (χ1n) is 8.56. The first-order valence-corrected chi connectivity index (χ1v) is 8.56. The minimum atomic E-state index is -0.895. The summed E-state index contributed by atoms with van der Waals surface area (Å²) in [4.78, 5) is 14.0. The van der Waals surface area contributed by atoms with Crippen molar-refractivity contribution in [1.29, 1.82) is 0 Å². The molecule has 1 saturated heterocycles. The third-order valence-electron chi connectivity index (χ3n) is 4.49. The first kappa shape index (κ1) is 18.7. The van der Waals surface area contributed by atoms with Crippen molar-refractivity contribution in [3.8, 4) is 5.75 Å². The van der Waals surface area contributed by atoms with Crippen LogP contribution in [0.2, 0.25) is 0 Å². The van der Waals surface area contributed by atoms with E-state index >= 15 is 0 Å². The van der Waals surface area contributed by atoms with Gasteiger partial charge in [0.05, 0.1) is 0 Å². The van der Waals surface area contributed by atoms with Gasteiger partial charge in [-0.3, -0.25) is 4.79 Å². The van der Waals surface area contributed by atoms with Crippen molar-refractivity contribution in [2.75, 3.05) is 20.2 Å². The largest absolute Gasteiger partial charge is 0.484 e. The first-order chi connectivity index (χ1) is 11.1. The highest BCUT2D eigenvalue weighted by molar-refractivity contribution is 5.78. The van der Waals surface area contributed by atoms with E-state index in [1.165, 1.54) is 0 Å². The van der Waals surface area contributed by atoms with Gasteiger partial charge in [0.25, 0.3) is 5.91 Å². The number of likely N-dealkylation sites (tertiary alicyclic amines) is 1. The summed E-state index contributed by atoms with van der Waals surface area (Å²) in [7, 11) is 2.05. The van der Waals surface area contributed by atoms with Gasteiger partial charge in [-0.1, -0.05) is 12.1 Å². The average Bonchev–Trinajstić information content (AvgIpc) is 2.91. The zero-order valence-electron chi connectivity index (χ0n) is 15.4. The van der Waals surface area contributed by atoms with Crippen LogP contribution in [0.25, 0.3) is 0 Å². The van der Waals surface area contributed by atoms with Crippen LogP contribution < -0.4 is 10.1 Å². The summed E-state index contributed by atoms with van der Waals surface area (Å²) in [6, 6.07) is 7.50. The molecule has 0 spiro atoms. The van der Waals surface area contributed by atoms with Crippen LogP contribution >= 0.6 is 0 Å². The van der Waals surface area contributed by atoms with Crippen molar-refractivity contribution in [2.24, 2.45) is 0 Å². The fraction of sp³-hybridized carbons (Fsp3) is 0.632. The quantitative estimate of drug-likeness (QED) is 0.867. The van der Waals surface area contributed by atoms with Crippen LogP contribution in [0.1, 0.15) is 46.1 Å². The Bertz CT molecular complexity index is 561. The molecule has 134 valence electrons. The second kappa shape index (κ2) is 7.11. The van der Waals surface area contributed by atoms with Crippen LogP contribution in [0.4, 0.5) is 0 Å². The fourth-order valence-electron chi connectivity index (χ4n) is 3.30. The molecule has 0 aliphatic carbocycles. The van der Waals surface area contributed by atoms with Crippen molar-refractivity contribution in [3.63, 3.8) is 0 Å². The van der Waals surface area contributed by atoms with Crippen LogP contribution in [0.15, 0.2) is 24.3 Å². The van der Waals surface area contributed by atoms with E-state index in [-0.39, 0.29) is 24.1 Å². The Hall–Kier alpha value is -1.59. The third-order valence-corrected chi connectivity index (χ3v) is 4.49. The van der Waals surface area contributed by atoms with Crippen molar-refractivity contribution < 1.29 is 14.6 Å². The maximum atomic E-state index is 11.8. The number of aliphatic hydroxyl groups is 1. The standard InChI is InChI=1S/C19H30N2O3/c1-18(2,3)20-17(22)13-24-15-10-8-14(9-11-15)19(4,23)16-7-6-12-21(16)5/h8-11,16,23H,6-7,12-13H2,1-5H3,(H,20,22)/t16-,19?/m1/s1. The molecule has 5 heteroatoms. The molecular formula is C19H30N2O3. The molecule has 1 amide bonds. The molecule has 2 rings (SSSR count). The Morgan fingerprint density at radius 2 is 1.92 bits per heavy atom. The lowest BCUT2D eigenvalue weighted by molar-refractivity contribution is -0.124. The summed E-state index contributed by atoms with van der Waals surface area (Å²) in [5.74, 6) is 0.476. The van der Waals surface area contributed by atoms with Crippen LogP contribution in [0.3, 0.4) is 0 Å². The number of hydrogen-bond donors (Lipinski definition) is 2. The van der Waals surface area contributed by atoms with E-state index in [4.69, 9.17) is 4.74 Å². The van der Waals surface area contributed by atoms with E-state index in [0.29, 0.717) is 5.75 Å². The Morgan fingerprint density at radius 1 is 1.29 bits per heavy atom. The Morgan fingerprint density at radius 3 is 2.42 bits per heavy atom. The van der Waals surface area contributed by atoms with Gasteiger partial charge in [-0.2, -0.15) is 0 Å². The molecule has 1 aliphatic heterocycles. The number of carbonyl (C=O) groups excluding carboxylic acids is 1. The van der Waals surface area contributed by atoms with Gasteiger partial charge in [0, 0.05) is 11.6 Å². The molecular weight excluding hydrogens is 304 g/mol. The van der Waals surface area contributed by atoms with Crippen LogP contribution in [0.5, 0.6) is 5.75 Å². The van der Waals surface area contributed by atoms with Gasteiger partial charge in [0.15, 0.2) is 6.61 Å². The SMILES string of the molecule is CN1CCC[C@@H]1C(C)(O)c1ccc(OCC(=O)NC(C)(C)C)cc1. The zero-order chi connectivity index (χ0) is 18.0. The molecule has 24 heavy (non-hydrogen) atoms. The molecule has 1 aliphatic rings. The molecule has 0 radical (unpaired) electrons. The van der Waals surface area contributed by atoms with Gasteiger partial charge in [-0.25, -0.2) is 0 Å². The smallest absolute Gasteiger partial charge is 0.258 e. The molecule has 5 nitrogen and oxygen atoms in total. The number of likely N-dealkylation sites (N-methyl/N-ethyl adjacent to an activating group) is 1. The molecule has 2 atom stereocenters. The van der Waals surface area contributed by atoms with E-state index < -0.39 is 5.60 Å². The molecule has 0 bridgehead atoms. The molecule has 0 saturated carbocycles. The molecule has 0 aromatic heterocycles. The van der Waals surface area contributed by atoms with E-state index in [1.807, 2.05) is 52.0 Å². The summed E-state index contributed by atoms with van der Waals surface area (Å²) >= 11 is 0. The minimum Gasteiger partial charge on any atom is -0.484 e. The van der Waals surface area contributed by atoms with Gasteiger partial charge in [0.2, 0.25) is 0 Å². The number of nitrogens with one attached hydrogen (secondary N) is 1. The number of ether oxygens (including phenoxy) is 1. The van der Waals surface area contributed by atoms with Crippen molar-refractivity contribution in [1.82, 2.24) is 10.2 Å². The topological polar surface area (TPSA) is 61.8 Å². The fourth-order valence-corrected chi connectivity index (χ4v) is 3.30. The molecule has 1 heterocycles. The van der Waals surface area contributed by atoms with Gasteiger partial charge < -0.3 is 20.1 Å². The number of rotatable bonds is 5. The van der Waals surface area contributed by atoms with Gasteiger partial charge >= 0.3 is 0 Å². The summed E-state index contributed by atoms with van der Waals surface area (Å²) < 4.78 is 5.52. The van der Waals surface area contributed by atoms with Crippen LogP contribution in [0, 0.1) is 0 Å². The zero-order valence-corrected chi connectivity index (χ0v) is 15.4. The Kier molecular flexibility index (Phi) is 5.56. The monoisotopic (exact) mass is 334 g/mol. The second-order valence-corrected chi connectivity index (χ2v) is 7.90. The van der Waals surface area contributed by atoms with Gasteiger partial charge in [-0.15, -0.1) is 0 Å². The molecule has 2 N–H and O–H groups in total. The second-order valence-electron chi connectivity index (χ2n) is 7.90. The highest BCUT2D eigenvalue weighted by atomic mass is 16.5. The summed E-state index contributed by atoms with van der Waals surface area (Å²) in [6.07, 6.45) is 2.11. The molecule has 1 aromatic rings. The maximum Gasteiger partial charge on any atom is 0.258 e. The normalized spacial score (nSPS) is 21.3. The maximum absolute atomic E-state index is 11.8. The average molecular weight is 334 g/mol. The van der Waals surface area contributed by atoms with E-state index in [0.717, 1.165) is 24.9 Å². The van der Waals surface area contributed by atoms with E-state index in [2.05, 4.69) is 17.3 Å². The van der Waals surface area contributed by atoms with E-state index in [9.17, 15) is 9.90 Å². The lowest BCUT2D eigenvalue weighted by Gasteiger charge is -2.35. The van der Waals surface area contributed by atoms with Crippen LogP contribution in [-0.4, -0.2) is 47.7 Å². The Balaban J connectivity index is 1.96. The summed E-state index contributed by atoms with van der Waals surface area (Å²) in [6.45, 7) is 8.67. The number of hydrogen-bond acceptors (Lipinski definition) is 4. The number of amides is 1. The number of benzene rings is 1. The summed E-state index contributed by atoms with van der Waals surface area (Å²) in [5, 5.41) is 13.8. The van der Waals surface area contributed by atoms with Crippen LogP contribution in [-0.2, 0) is 10.4 Å². The van der Waals surface area contributed by atoms with Gasteiger partial charge in [-0.05, 0) is 71.8 Å². The molecule has 1 fully saturated rings. The van der Waals surface area contributed by atoms with Gasteiger partial charge in [0.1, 0.15) is 11.4 Å². The molecule has 1 unspecified atom stereocenters. The lowest BCUT2D eigenvalue weighted by atomic mass is 9.87. The van der Waals surface area contributed by atoms with Crippen molar-refractivity contribution in [3.05, 3.63) is 29.8 Å². The number of nitrogens with zero attached hydrogens (tertiary/aromatic N) is 1. The molecule has 1 aromatic carbocycles. The predicted octanol–water partition coefficient (Wildman–Crippen LogP) is 2.28.